The third-order valence-electron chi connectivity index (χ3n) is 6.27. The minimum absolute atomic E-state index is 0.0382. The molecule has 2 aliphatic heterocycles. The SMILES string of the molecule is C[C@@H](N)C(=O)N1CCCC(CCCc2nc(N)c3[nH]c(Sc4cc5c(cc4Br)OCO5)nc3n2)C1. The Morgan fingerprint density at radius 1 is 1.31 bits per heavy atom. The lowest BCUT2D eigenvalue weighted by Crippen LogP contribution is -2.46. The van der Waals surface area contributed by atoms with Gasteiger partial charge in [0.25, 0.3) is 0 Å². The number of rotatable bonds is 7. The third kappa shape index (κ3) is 5.34. The molecule has 0 aliphatic carbocycles. The summed E-state index contributed by atoms with van der Waals surface area (Å²) < 4.78 is 11.8. The van der Waals surface area contributed by atoms with E-state index in [9.17, 15) is 4.79 Å². The molecule has 1 fully saturated rings. The Bertz CT molecular complexity index is 1250. The maximum atomic E-state index is 12.2. The van der Waals surface area contributed by atoms with E-state index in [1.54, 1.807) is 6.92 Å². The molecule has 0 spiro atoms. The minimum atomic E-state index is -0.445. The number of benzene rings is 1. The number of nitrogens with zero attached hydrogens (tertiary/aromatic N) is 4. The number of H-pyrrole nitrogens is 1. The summed E-state index contributed by atoms with van der Waals surface area (Å²) in [7, 11) is 0. The summed E-state index contributed by atoms with van der Waals surface area (Å²) in [4.78, 5) is 32.1. The lowest BCUT2D eigenvalue weighted by Gasteiger charge is -2.33. The van der Waals surface area contributed by atoms with Gasteiger partial charge in [0.15, 0.2) is 28.1 Å². The van der Waals surface area contributed by atoms with Gasteiger partial charge in [0.05, 0.1) is 6.04 Å². The predicted molar refractivity (Wildman–Crippen MR) is 136 cm³/mol. The first-order valence-electron chi connectivity index (χ1n) is 11.7. The smallest absolute Gasteiger partial charge is 0.239 e. The number of anilines is 1. The zero-order valence-corrected chi connectivity index (χ0v) is 21.8. The number of ether oxygens (including phenoxy) is 2. The Labute approximate surface area is 215 Å². The summed E-state index contributed by atoms with van der Waals surface area (Å²) in [5.74, 6) is 3.00. The molecule has 186 valence electrons. The van der Waals surface area contributed by atoms with Crippen LogP contribution in [0.1, 0.15) is 38.4 Å². The van der Waals surface area contributed by atoms with E-state index in [0.29, 0.717) is 51.8 Å². The van der Waals surface area contributed by atoms with E-state index in [4.69, 9.17) is 20.9 Å². The molecule has 4 heterocycles. The number of nitrogens with one attached hydrogen (secondary N) is 1. The number of likely N-dealkylation sites (tertiary alicyclic amines) is 1. The van der Waals surface area contributed by atoms with Crippen LogP contribution in [0.2, 0.25) is 0 Å². The van der Waals surface area contributed by atoms with Gasteiger partial charge in [-0.3, -0.25) is 4.79 Å². The molecule has 35 heavy (non-hydrogen) atoms. The van der Waals surface area contributed by atoms with Gasteiger partial charge in [-0.1, -0.05) is 11.8 Å². The number of aromatic nitrogens is 4. The fourth-order valence-electron chi connectivity index (χ4n) is 4.52. The van der Waals surface area contributed by atoms with Crippen LogP contribution in [0.5, 0.6) is 11.5 Å². The van der Waals surface area contributed by atoms with Crippen LogP contribution in [-0.2, 0) is 11.2 Å². The summed E-state index contributed by atoms with van der Waals surface area (Å²) >= 11 is 5.03. The fraction of sp³-hybridized carbons (Fsp3) is 0.478. The second-order valence-electron chi connectivity index (χ2n) is 8.98. The highest BCUT2D eigenvalue weighted by atomic mass is 79.9. The Hall–Kier alpha value is -2.57. The van der Waals surface area contributed by atoms with Crippen LogP contribution in [0.3, 0.4) is 0 Å². The van der Waals surface area contributed by atoms with Crippen molar-refractivity contribution in [2.45, 2.75) is 55.1 Å². The summed E-state index contributed by atoms with van der Waals surface area (Å²) in [6.45, 7) is 3.55. The number of aromatic amines is 1. The molecule has 10 nitrogen and oxygen atoms in total. The van der Waals surface area contributed by atoms with Gasteiger partial charge in [0.1, 0.15) is 11.3 Å². The number of hydrogen-bond acceptors (Lipinski definition) is 9. The number of piperidine rings is 1. The van der Waals surface area contributed by atoms with Gasteiger partial charge in [0.2, 0.25) is 12.7 Å². The summed E-state index contributed by atoms with van der Waals surface area (Å²) in [6.07, 6.45) is 4.78. The quantitative estimate of drug-likeness (QED) is 0.394. The Balaban J connectivity index is 1.22. The second-order valence-corrected chi connectivity index (χ2v) is 10.9. The Morgan fingerprint density at radius 2 is 2.11 bits per heavy atom. The van der Waals surface area contributed by atoms with Crippen LogP contribution in [0.4, 0.5) is 5.82 Å². The van der Waals surface area contributed by atoms with E-state index >= 15 is 0 Å². The van der Waals surface area contributed by atoms with Crippen molar-refractivity contribution in [1.82, 2.24) is 24.8 Å². The van der Waals surface area contributed by atoms with Crippen molar-refractivity contribution in [1.29, 1.82) is 0 Å². The summed E-state index contributed by atoms with van der Waals surface area (Å²) in [5, 5.41) is 0.666. The van der Waals surface area contributed by atoms with E-state index in [2.05, 4.69) is 35.9 Å². The van der Waals surface area contributed by atoms with Crippen LogP contribution in [0.15, 0.2) is 26.7 Å². The number of fused-ring (bicyclic) bond motifs is 2. The lowest BCUT2D eigenvalue weighted by molar-refractivity contribution is -0.134. The van der Waals surface area contributed by atoms with Gasteiger partial charge in [-0.05, 0) is 66.6 Å². The first-order chi connectivity index (χ1) is 16.9. The third-order valence-corrected chi connectivity index (χ3v) is 8.13. The number of nitrogen functional groups attached to an aromatic ring is 1. The van der Waals surface area contributed by atoms with E-state index < -0.39 is 6.04 Å². The summed E-state index contributed by atoms with van der Waals surface area (Å²) in [5.41, 5.74) is 13.2. The largest absolute Gasteiger partial charge is 0.454 e. The van der Waals surface area contributed by atoms with E-state index in [1.165, 1.54) is 11.8 Å². The minimum Gasteiger partial charge on any atom is -0.454 e. The van der Waals surface area contributed by atoms with Crippen molar-refractivity contribution in [3.05, 3.63) is 22.4 Å². The molecule has 1 unspecified atom stereocenters. The maximum absolute atomic E-state index is 12.2. The molecular formula is C23H28BrN7O3S. The van der Waals surface area contributed by atoms with Crippen LogP contribution in [0, 0.1) is 5.92 Å². The number of amides is 1. The van der Waals surface area contributed by atoms with Crippen molar-refractivity contribution in [3.63, 3.8) is 0 Å². The first kappa shape index (κ1) is 24.1. The number of hydrogen-bond donors (Lipinski definition) is 3. The van der Waals surface area contributed by atoms with Crippen LogP contribution in [-0.4, -0.2) is 56.7 Å². The van der Waals surface area contributed by atoms with Crippen molar-refractivity contribution < 1.29 is 14.3 Å². The number of nitrogens with two attached hydrogens (primary N) is 2. The molecule has 5 rings (SSSR count). The standard InChI is InChI=1S/C23H28BrN7O3S/c1-12(25)22(32)31-7-3-5-13(10-31)4-2-6-18-27-20(26)19-21(28-18)30-23(29-19)35-17-9-16-15(8-14(17)24)33-11-34-16/h8-9,12-13H,2-7,10-11,25H2,1H3,(H3,26,27,28,29,30)/t12-,13?/m1/s1. The first-order valence-corrected chi connectivity index (χ1v) is 13.3. The van der Waals surface area contributed by atoms with Gasteiger partial charge < -0.3 is 30.8 Å². The summed E-state index contributed by atoms with van der Waals surface area (Å²) in [6, 6.07) is 3.36. The topological polar surface area (TPSA) is 145 Å². The van der Waals surface area contributed by atoms with Crippen molar-refractivity contribution in [2.24, 2.45) is 11.7 Å². The molecule has 1 saturated heterocycles. The Morgan fingerprint density at radius 3 is 2.91 bits per heavy atom. The van der Waals surface area contributed by atoms with Crippen molar-refractivity contribution in [3.8, 4) is 11.5 Å². The van der Waals surface area contributed by atoms with Gasteiger partial charge in [-0.2, -0.15) is 0 Å². The predicted octanol–water partition coefficient (Wildman–Crippen LogP) is 3.49. The number of imidazole rings is 1. The molecule has 0 radical (unpaired) electrons. The number of halogens is 1. The number of carbonyl (C=O) groups excluding carboxylic acids is 1. The zero-order valence-electron chi connectivity index (χ0n) is 19.4. The normalized spacial score (nSPS) is 18.3. The molecule has 0 saturated carbocycles. The zero-order chi connectivity index (χ0) is 24.5. The van der Waals surface area contributed by atoms with E-state index in [-0.39, 0.29) is 12.7 Å². The monoisotopic (exact) mass is 561 g/mol. The lowest BCUT2D eigenvalue weighted by atomic mass is 9.92. The molecule has 2 aromatic heterocycles. The van der Waals surface area contributed by atoms with Gasteiger partial charge in [-0.15, -0.1) is 0 Å². The fourth-order valence-corrected chi connectivity index (χ4v) is 5.90. The molecular weight excluding hydrogens is 534 g/mol. The molecule has 2 aliphatic rings. The van der Waals surface area contributed by atoms with Gasteiger partial charge >= 0.3 is 0 Å². The average Bonchev–Trinajstić information content (AvgIpc) is 3.45. The average molecular weight is 562 g/mol. The Kier molecular flexibility index (Phi) is 7.03. The molecule has 1 amide bonds. The molecule has 0 bridgehead atoms. The van der Waals surface area contributed by atoms with Crippen LogP contribution in [0.25, 0.3) is 11.2 Å². The van der Waals surface area contributed by atoms with E-state index in [1.807, 2.05) is 17.0 Å². The van der Waals surface area contributed by atoms with Crippen molar-refractivity contribution in [2.75, 3.05) is 25.6 Å². The van der Waals surface area contributed by atoms with Crippen molar-refractivity contribution >= 4 is 50.6 Å². The maximum Gasteiger partial charge on any atom is 0.239 e. The molecule has 1 aromatic carbocycles. The number of carbonyl (C=O) groups is 1. The molecule has 2 atom stereocenters. The highest BCUT2D eigenvalue weighted by Gasteiger charge is 2.25. The van der Waals surface area contributed by atoms with Crippen LogP contribution >= 0.6 is 27.7 Å². The highest BCUT2D eigenvalue weighted by Crippen LogP contribution is 2.42. The van der Waals surface area contributed by atoms with Gasteiger partial charge in [0, 0.05) is 28.9 Å². The molecule has 12 heteroatoms. The second kappa shape index (κ2) is 10.2. The highest BCUT2D eigenvalue weighted by molar-refractivity contribution is 9.10. The van der Waals surface area contributed by atoms with Crippen LogP contribution < -0.4 is 20.9 Å². The molecule has 3 aromatic rings. The van der Waals surface area contributed by atoms with E-state index in [0.717, 1.165) is 48.1 Å². The number of aryl methyl sites for hydroxylation is 1. The van der Waals surface area contributed by atoms with Gasteiger partial charge in [-0.25, -0.2) is 15.0 Å². The molecule has 5 N–H and O–H groups in total.